The van der Waals surface area contributed by atoms with Crippen molar-refractivity contribution in [3.05, 3.63) is 47.7 Å². The zero-order chi connectivity index (χ0) is 18.0. The Bertz CT molecular complexity index is 769. The summed E-state index contributed by atoms with van der Waals surface area (Å²) in [5, 5.41) is 9.82. The van der Waals surface area contributed by atoms with E-state index in [-0.39, 0.29) is 6.04 Å². The summed E-state index contributed by atoms with van der Waals surface area (Å²) in [7, 11) is 1.74. The van der Waals surface area contributed by atoms with E-state index in [1.807, 2.05) is 37.3 Å². The summed E-state index contributed by atoms with van der Waals surface area (Å²) in [6.45, 7) is 4.15. The molecule has 1 aromatic heterocycles. The van der Waals surface area contributed by atoms with Crippen LogP contribution in [0.3, 0.4) is 0 Å². The highest BCUT2D eigenvalue weighted by molar-refractivity contribution is 6.39. The van der Waals surface area contributed by atoms with Gasteiger partial charge in [0.05, 0.1) is 11.7 Å². The molecule has 6 heteroatoms. The van der Waals surface area contributed by atoms with Gasteiger partial charge in [0.2, 0.25) is 0 Å². The van der Waals surface area contributed by atoms with E-state index in [2.05, 4.69) is 22.7 Å². The largest absolute Gasteiger partial charge is 0.341 e. The quantitative estimate of drug-likeness (QED) is 0.821. The fourth-order valence-corrected chi connectivity index (χ4v) is 3.11. The molecule has 25 heavy (non-hydrogen) atoms. The molecule has 2 N–H and O–H groups in total. The van der Waals surface area contributed by atoms with Gasteiger partial charge in [-0.3, -0.25) is 14.3 Å². The maximum absolute atomic E-state index is 12.4. The molecule has 132 valence electrons. The summed E-state index contributed by atoms with van der Waals surface area (Å²) in [6.07, 6.45) is 1.83. The van der Waals surface area contributed by atoms with Gasteiger partial charge in [-0.25, -0.2) is 0 Å². The Morgan fingerprint density at radius 3 is 2.52 bits per heavy atom. The molecule has 3 atom stereocenters. The van der Waals surface area contributed by atoms with E-state index < -0.39 is 11.8 Å². The highest BCUT2D eigenvalue weighted by Gasteiger charge is 2.41. The van der Waals surface area contributed by atoms with E-state index in [1.165, 1.54) is 0 Å². The molecule has 1 saturated carbocycles. The lowest BCUT2D eigenvalue weighted by Crippen LogP contribution is -2.39. The average molecular weight is 340 g/mol. The smallest absolute Gasteiger partial charge is 0.314 e. The van der Waals surface area contributed by atoms with Gasteiger partial charge in [-0.15, -0.1) is 0 Å². The van der Waals surface area contributed by atoms with Crippen LogP contribution in [0.5, 0.6) is 0 Å². The first-order valence-electron chi connectivity index (χ1n) is 8.69. The fourth-order valence-electron chi connectivity index (χ4n) is 3.11. The SMILES string of the molecule is CCc1cc(NC(=O)C(=O)NC(c2ccccc2)C2CC2C)n(C)n1. The molecule has 0 spiro atoms. The molecule has 1 heterocycles. The molecule has 0 bridgehead atoms. The minimum Gasteiger partial charge on any atom is -0.341 e. The first kappa shape index (κ1) is 17.2. The van der Waals surface area contributed by atoms with E-state index in [0.717, 1.165) is 24.1 Å². The molecule has 1 fully saturated rings. The second-order valence-corrected chi connectivity index (χ2v) is 6.69. The highest BCUT2D eigenvalue weighted by atomic mass is 16.2. The van der Waals surface area contributed by atoms with Crippen LogP contribution in [0.15, 0.2) is 36.4 Å². The summed E-state index contributed by atoms with van der Waals surface area (Å²) in [5.74, 6) is 0.167. The lowest BCUT2D eigenvalue weighted by molar-refractivity contribution is -0.136. The summed E-state index contributed by atoms with van der Waals surface area (Å²) in [5.41, 5.74) is 1.90. The highest BCUT2D eigenvalue weighted by Crippen LogP contribution is 2.46. The summed E-state index contributed by atoms with van der Waals surface area (Å²) in [6, 6.07) is 11.5. The maximum Gasteiger partial charge on any atom is 0.314 e. The van der Waals surface area contributed by atoms with Crippen LogP contribution in [0, 0.1) is 11.8 Å². The van der Waals surface area contributed by atoms with Crippen molar-refractivity contribution < 1.29 is 9.59 Å². The van der Waals surface area contributed by atoms with Crippen molar-refractivity contribution in [2.24, 2.45) is 18.9 Å². The maximum atomic E-state index is 12.4. The van der Waals surface area contributed by atoms with E-state index in [4.69, 9.17) is 0 Å². The van der Waals surface area contributed by atoms with Gasteiger partial charge in [0, 0.05) is 13.1 Å². The molecule has 1 aliphatic carbocycles. The number of amides is 2. The molecule has 6 nitrogen and oxygen atoms in total. The normalized spacial score (nSPS) is 20.0. The van der Waals surface area contributed by atoms with Crippen molar-refractivity contribution in [2.75, 3.05) is 5.32 Å². The third kappa shape index (κ3) is 3.90. The topological polar surface area (TPSA) is 76.0 Å². The van der Waals surface area contributed by atoms with Crippen molar-refractivity contribution >= 4 is 17.6 Å². The Labute approximate surface area is 147 Å². The number of carbonyl (C=O) groups is 2. The lowest BCUT2D eigenvalue weighted by atomic mass is 10.0. The van der Waals surface area contributed by atoms with Crippen molar-refractivity contribution in [1.82, 2.24) is 15.1 Å². The standard InChI is InChI=1S/C19H24N4O2/c1-4-14-11-16(23(3)22-14)20-18(24)19(25)21-17(15-10-12(15)2)13-8-6-5-7-9-13/h5-9,11-12,15,17H,4,10H2,1-3H3,(H,20,24)(H,21,25). The average Bonchev–Trinajstić information content (AvgIpc) is 3.23. The molecule has 0 saturated heterocycles. The number of benzene rings is 1. The number of anilines is 1. The number of carbonyl (C=O) groups excluding carboxylic acids is 2. The number of nitrogens with one attached hydrogen (secondary N) is 2. The molecule has 1 aromatic carbocycles. The van der Waals surface area contributed by atoms with Crippen molar-refractivity contribution in [2.45, 2.75) is 32.7 Å². The van der Waals surface area contributed by atoms with Gasteiger partial charge in [0.1, 0.15) is 5.82 Å². The molecular formula is C19H24N4O2. The summed E-state index contributed by atoms with van der Waals surface area (Å²) >= 11 is 0. The van der Waals surface area contributed by atoms with E-state index >= 15 is 0 Å². The molecule has 3 rings (SSSR count). The van der Waals surface area contributed by atoms with Gasteiger partial charge in [-0.1, -0.05) is 44.2 Å². The molecule has 2 amide bonds. The van der Waals surface area contributed by atoms with Crippen LogP contribution in [0.25, 0.3) is 0 Å². The Kier molecular flexibility index (Phi) is 4.88. The van der Waals surface area contributed by atoms with Gasteiger partial charge in [0.25, 0.3) is 0 Å². The van der Waals surface area contributed by atoms with E-state index in [9.17, 15) is 9.59 Å². The third-order valence-electron chi connectivity index (χ3n) is 4.79. The minimum atomic E-state index is -0.667. The number of aromatic nitrogens is 2. The molecule has 2 aromatic rings. The number of hydrogen-bond donors (Lipinski definition) is 2. The van der Waals surface area contributed by atoms with Crippen LogP contribution in [0.2, 0.25) is 0 Å². The predicted molar refractivity (Wildman–Crippen MR) is 95.8 cm³/mol. The molecule has 0 radical (unpaired) electrons. The molecule has 0 aliphatic heterocycles. The van der Waals surface area contributed by atoms with Crippen LogP contribution in [0.4, 0.5) is 5.82 Å². The number of rotatable bonds is 5. The number of nitrogens with zero attached hydrogens (tertiary/aromatic N) is 2. The van der Waals surface area contributed by atoms with Gasteiger partial charge < -0.3 is 10.6 Å². The van der Waals surface area contributed by atoms with E-state index in [0.29, 0.717) is 17.7 Å². The van der Waals surface area contributed by atoms with Gasteiger partial charge in [0.15, 0.2) is 0 Å². The fraction of sp³-hybridized carbons (Fsp3) is 0.421. The van der Waals surface area contributed by atoms with Gasteiger partial charge >= 0.3 is 11.8 Å². The van der Waals surface area contributed by atoms with Crippen LogP contribution in [-0.4, -0.2) is 21.6 Å². The second-order valence-electron chi connectivity index (χ2n) is 6.69. The monoisotopic (exact) mass is 340 g/mol. The zero-order valence-electron chi connectivity index (χ0n) is 14.8. The Balaban J connectivity index is 1.68. The molecule has 1 aliphatic rings. The van der Waals surface area contributed by atoms with Gasteiger partial charge in [-0.05, 0) is 30.2 Å². The van der Waals surface area contributed by atoms with Crippen LogP contribution >= 0.6 is 0 Å². The molecule has 3 unspecified atom stereocenters. The summed E-state index contributed by atoms with van der Waals surface area (Å²) < 4.78 is 1.57. The zero-order valence-corrected chi connectivity index (χ0v) is 14.8. The summed E-state index contributed by atoms with van der Waals surface area (Å²) in [4.78, 5) is 24.7. The Hall–Kier alpha value is -2.63. The predicted octanol–water partition coefficient (Wildman–Crippen LogP) is 2.43. The lowest BCUT2D eigenvalue weighted by Gasteiger charge is -2.19. The van der Waals surface area contributed by atoms with Crippen molar-refractivity contribution in [3.8, 4) is 0 Å². The number of aryl methyl sites for hydroxylation is 2. The first-order valence-corrected chi connectivity index (χ1v) is 8.69. The first-order chi connectivity index (χ1) is 12.0. The van der Waals surface area contributed by atoms with Crippen LogP contribution in [0.1, 0.15) is 37.6 Å². The minimum absolute atomic E-state index is 0.132. The second kappa shape index (κ2) is 7.09. The Morgan fingerprint density at radius 1 is 1.28 bits per heavy atom. The van der Waals surface area contributed by atoms with Crippen molar-refractivity contribution in [1.29, 1.82) is 0 Å². The molecular weight excluding hydrogens is 316 g/mol. The van der Waals surface area contributed by atoms with Crippen LogP contribution < -0.4 is 10.6 Å². The third-order valence-corrected chi connectivity index (χ3v) is 4.79. The van der Waals surface area contributed by atoms with Gasteiger partial charge in [-0.2, -0.15) is 5.10 Å². The number of hydrogen-bond acceptors (Lipinski definition) is 3. The van der Waals surface area contributed by atoms with E-state index in [1.54, 1.807) is 17.8 Å². The van der Waals surface area contributed by atoms with Crippen molar-refractivity contribution in [3.63, 3.8) is 0 Å². The Morgan fingerprint density at radius 2 is 1.96 bits per heavy atom. The van der Waals surface area contributed by atoms with Crippen LogP contribution in [-0.2, 0) is 23.1 Å².